The summed E-state index contributed by atoms with van der Waals surface area (Å²) in [5.41, 5.74) is 1.27. The number of likely N-dealkylation sites (tertiary alicyclic amines) is 1. The fourth-order valence-electron chi connectivity index (χ4n) is 2.49. The molecular formula is C16H24N2OS. The van der Waals surface area contributed by atoms with Gasteiger partial charge in [-0.2, -0.15) is 0 Å². The first-order chi connectivity index (χ1) is 9.69. The normalized spacial score (nSPS) is 19.1. The highest BCUT2D eigenvalue weighted by atomic mass is 32.2. The topological polar surface area (TPSA) is 32.3 Å². The Hall–Kier alpha value is -1.00. The van der Waals surface area contributed by atoms with E-state index in [9.17, 15) is 4.79 Å². The van der Waals surface area contributed by atoms with Crippen LogP contribution in [0.15, 0.2) is 29.2 Å². The maximum Gasteiger partial charge on any atom is 0.223 e. The van der Waals surface area contributed by atoms with Gasteiger partial charge in [-0.3, -0.25) is 4.79 Å². The van der Waals surface area contributed by atoms with Crippen LogP contribution in [0.4, 0.5) is 0 Å². The first-order valence-electron chi connectivity index (χ1n) is 7.33. The van der Waals surface area contributed by atoms with E-state index >= 15 is 0 Å². The smallest absolute Gasteiger partial charge is 0.223 e. The second-order valence-corrected chi connectivity index (χ2v) is 6.55. The van der Waals surface area contributed by atoms with Gasteiger partial charge in [0.05, 0.1) is 0 Å². The lowest BCUT2D eigenvalue weighted by atomic mass is 10.1. The zero-order valence-corrected chi connectivity index (χ0v) is 13.2. The second-order valence-electron chi connectivity index (χ2n) is 5.38. The van der Waals surface area contributed by atoms with Crippen LogP contribution in [0.2, 0.25) is 0 Å². The van der Waals surface area contributed by atoms with E-state index in [1.54, 1.807) is 11.8 Å². The van der Waals surface area contributed by atoms with Crippen molar-refractivity contribution < 1.29 is 4.79 Å². The van der Waals surface area contributed by atoms with Crippen LogP contribution in [-0.2, 0) is 4.79 Å². The van der Waals surface area contributed by atoms with E-state index in [-0.39, 0.29) is 0 Å². The molecule has 1 aliphatic rings. The van der Waals surface area contributed by atoms with Crippen LogP contribution in [0.3, 0.4) is 0 Å². The van der Waals surface area contributed by atoms with Gasteiger partial charge in [-0.25, -0.2) is 0 Å². The lowest BCUT2D eigenvalue weighted by molar-refractivity contribution is -0.132. The largest absolute Gasteiger partial charge is 0.341 e. The summed E-state index contributed by atoms with van der Waals surface area (Å²) in [4.78, 5) is 15.4. The van der Waals surface area contributed by atoms with E-state index in [1.807, 2.05) is 11.9 Å². The molecule has 0 saturated carbocycles. The van der Waals surface area contributed by atoms with Gasteiger partial charge in [-0.15, -0.1) is 11.8 Å². The molecule has 1 atom stereocenters. The molecule has 0 bridgehead atoms. The zero-order chi connectivity index (χ0) is 14.4. The molecule has 1 N–H and O–H groups in total. The van der Waals surface area contributed by atoms with Crippen LogP contribution >= 0.6 is 11.8 Å². The summed E-state index contributed by atoms with van der Waals surface area (Å²) in [6.07, 6.45) is 2.93. The number of thioether (sulfide) groups is 1. The van der Waals surface area contributed by atoms with Gasteiger partial charge in [-0.05, 0) is 38.9 Å². The van der Waals surface area contributed by atoms with Crippen molar-refractivity contribution in [3.63, 3.8) is 0 Å². The Morgan fingerprint density at radius 3 is 2.85 bits per heavy atom. The fourth-order valence-corrected chi connectivity index (χ4v) is 3.33. The molecule has 2 rings (SSSR count). The van der Waals surface area contributed by atoms with E-state index in [1.165, 1.54) is 16.9 Å². The molecule has 1 amide bonds. The highest BCUT2D eigenvalue weighted by Gasteiger charge is 2.21. The van der Waals surface area contributed by atoms with Crippen molar-refractivity contribution in [3.05, 3.63) is 29.8 Å². The molecular weight excluding hydrogens is 268 g/mol. The molecule has 0 spiro atoms. The van der Waals surface area contributed by atoms with Crippen LogP contribution in [0.1, 0.15) is 24.8 Å². The van der Waals surface area contributed by atoms with Crippen molar-refractivity contribution in [3.8, 4) is 0 Å². The maximum atomic E-state index is 12.2. The number of hydrogen-bond acceptors (Lipinski definition) is 3. The minimum absolute atomic E-state index is 0.296. The van der Waals surface area contributed by atoms with Gasteiger partial charge in [-0.1, -0.05) is 17.7 Å². The number of rotatable bonds is 5. The summed E-state index contributed by atoms with van der Waals surface area (Å²) in [6.45, 7) is 3.88. The Balaban J connectivity index is 1.73. The van der Waals surface area contributed by atoms with Crippen LogP contribution in [0.25, 0.3) is 0 Å². The molecule has 20 heavy (non-hydrogen) atoms. The molecule has 1 unspecified atom stereocenters. The molecule has 110 valence electrons. The molecule has 3 nitrogen and oxygen atoms in total. The number of aryl methyl sites for hydroxylation is 1. The van der Waals surface area contributed by atoms with E-state index in [2.05, 4.69) is 36.5 Å². The van der Waals surface area contributed by atoms with Crippen molar-refractivity contribution in [1.82, 2.24) is 10.2 Å². The number of piperidine rings is 1. The second kappa shape index (κ2) is 7.70. The lowest BCUT2D eigenvalue weighted by Crippen LogP contribution is -2.47. The molecule has 1 aromatic rings. The molecule has 1 aromatic carbocycles. The molecule has 1 fully saturated rings. The SMILES string of the molecule is CNC1CCCN(C(=O)CCSc2ccc(C)cc2)C1. The fraction of sp³-hybridized carbons (Fsp3) is 0.562. The van der Waals surface area contributed by atoms with Crippen molar-refractivity contribution in [2.45, 2.75) is 37.1 Å². The first kappa shape index (κ1) is 15.4. The van der Waals surface area contributed by atoms with E-state index < -0.39 is 0 Å². The Morgan fingerprint density at radius 2 is 2.15 bits per heavy atom. The summed E-state index contributed by atoms with van der Waals surface area (Å²) in [5.74, 6) is 1.16. The number of nitrogens with zero attached hydrogens (tertiary/aromatic N) is 1. The van der Waals surface area contributed by atoms with E-state index in [0.717, 1.165) is 25.3 Å². The lowest BCUT2D eigenvalue weighted by Gasteiger charge is -2.32. The van der Waals surface area contributed by atoms with Gasteiger partial charge in [0.2, 0.25) is 5.91 Å². The number of nitrogens with one attached hydrogen (secondary N) is 1. The van der Waals surface area contributed by atoms with Crippen LogP contribution < -0.4 is 5.32 Å². The minimum Gasteiger partial charge on any atom is -0.341 e. The predicted molar refractivity (Wildman–Crippen MR) is 85.2 cm³/mol. The minimum atomic E-state index is 0.296. The number of likely N-dealkylation sites (N-methyl/N-ethyl adjacent to an activating group) is 1. The van der Waals surface area contributed by atoms with Gasteiger partial charge < -0.3 is 10.2 Å². The summed E-state index contributed by atoms with van der Waals surface area (Å²) >= 11 is 1.76. The predicted octanol–water partition coefficient (Wildman–Crippen LogP) is 2.69. The maximum absolute atomic E-state index is 12.2. The average Bonchev–Trinajstić information content (AvgIpc) is 2.49. The van der Waals surface area contributed by atoms with Crippen molar-refractivity contribution in [2.75, 3.05) is 25.9 Å². The summed E-state index contributed by atoms with van der Waals surface area (Å²) < 4.78 is 0. The Morgan fingerprint density at radius 1 is 1.40 bits per heavy atom. The number of hydrogen-bond donors (Lipinski definition) is 1. The van der Waals surface area contributed by atoms with Crippen LogP contribution in [0, 0.1) is 6.92 Å². The molecule has 0 radical (unpaired) electrons. The highest BCUT2D eigenvalue weighted by molar-refractivity contribution is 7.99. The molecule has 1 heterocycles. The molecule has 4 heteroatoms. The Labute approximate surface area is 126 Å². The van der Waals surface area contributed by atoms with E-state index in [0.29, 0.717) is 18.4 Å². The summed E-state index contributed by atoms with van der Waals surface area (Å²) in [6, 6.07) is 8.96. The molecule has 1 saturated heterocycles. The van der Waals surface area contributed by atoms with Gasteiger partial charge >= 0.3 is 0 Å². The first-order valence-corrected chi connectivity index (χ1v) is 8.32. The van der Waals surface area contributed by atoms with Crippen molar-refractivity contribution in [2.24, 2.45) is 0 Å². The Bertz CT molecular complexity index is 433. The van der Waals surface area contributed by atoms with Crippen molar-refractivity contribution >= 4 is 17.7 Å². The molecule has 1 aliphatic heterocycles. The molecule has 0 aromatic heterocycles. The number of benzene rings is 1. The van der Waals surface area contributed by atoms with Crippen LogP contribution in [0.5, 0.6) is 0 Å². The number of carbonyl (C=O) groups excluding carboxylic acids is 1. The van der Waals surface area contributed by atoms with Crippen LogP contribution in [-0.4, -0.2) is 42.7 Å². The third-order valence-corrected chi connectivity index (χ3v) is 4.80. The number of amides is 1. The third kappa shape index (κ3) is 4.53. The zero-order valence-electron chi connectivity index (χ0n) is 12.4. The standard InChI is InChI=1S/C16H24N2OS/c1-13-5-7-15(8-6-13)20-11-9-16(19)18-10-3-4-14(12-18)17-2/h5-8,14,17H,3-4,9-12H2,1-2H3. The van der Waals surface area contributed by atoms with Gasteiger partial charge in [0.1, 0.15) is 0 Å². The van der Waals surface area contributed by atoms with Gasteiger partial charge in [0.25, 0.3) is 0 Å². The average molecular weight is 292 g/mol. The van der Waals surface area contributed by atoms with E-state index in [4.69, 9.17) is 0 Å². The number of carbonyl (C=O) groups is 1. The highest BCUT2D eigenvalue weighted by Crippen LogP contribution is 2.20. The van der Waals surface area contributed by atoms with Gasteiger partial charge in [0, 0.05) is 36.2 Å². The third-order valence-electron chi connectivity index (χ3n) is 3.79. The Kier molecular flexibility index (Phi) is 5.92. The molecule has 0 aliphatic carbocycles. The monoisotopic (exact) mass is 292 g/mol. The summed E-state index contributed by atoms with van der Waals surface area (Å²) in [5, 5.41) is 3.28. The quantitative estimate of drug-likeness (QED) is 0.847. The van der Waals surface area contributed by atoms with Gasteiger partial charge in [0.15, 0.2) is 0 Å². The summed E-state index contributed by atoms with van der Waals surface area (Å²) in [7, 11) is 1.98. The van der Waals surface area contributed by atoms with Crippen molar-refractivity contribution in [1.29, 1.82) is 0 Å².